The van der Waals surface area contributed by atoms with E-state index in [1.807, 2.05) is 6.92 Å². The Hall–Kier alpha value is -2.72. The number of esters is 1. The third-order valence-corrected chi connectivity index (χ3v) is 7.15. The second-order valence-electron chi connectivity index (χ2n) is 7.25. The SMILES string of the molecule is CCOC(=O)c1c(NC(=O)[C@@H](C)Sc2nc(=O)n3ccc(C)cc3n2)sc2c1CCC2. The van der Waals surface area contributed by atoms with Crippen LogP contribution in [0.3, 0.4) is 0 Å². The molecular formula is C21H22N4O4S2. The molecule has 1 aliphatic carbocycles. The summed E-state index contributed by atoms with van der Waals surface area (Å²) >= 11 is 2.54. The van der Waals surface area contributed by atoms with Crippen LogP contribution in [0.1, 0.15) is 46.6 Å². The van der Waals surface area contributed by atoms with E-state index in [9.17, 15) is 14.4 Å². The van der Waals surface area contributed by atoms with Gasteiger partial charge in [-0.3, -0.25) is 9.20 Å². The molecule has 10 heteroatoms. The van der Waals surface area contributed by atoms with Gasteiger partial charge in [-0.25, -0.2) is 14.6 Å². The molecule has 1 aliphatic rings. The first-order valence-electron chi connectivity index (χ1n) is 10.0. The maximum atomic E-state index is 12.9. The van der Waals surface area contributed by atoms with Gasteiger partial charge in [-0.1, -0.05) is 11.8 Å². The number of carbonyl (C=O) groups is 2. The zero-order valence-corrected chi connectivity index (χ0v) is 19.1. The summed E-state index contributed by atoms with van der Waals surface area (Å²) in [6.07, 6.45) is 4.35. The summed E-state index contributed by atoms with van der Waals surface area (Å²) in [5, 5.41) is 3.07. The Balaban J connectivity index is 1.54. The normalized spacial score (nSPS) is 13.8. The number of rotatable bonds is 6. The van der Waals surface area contributed by atoms with Crippen molar-refractivity contribution in [2.24, 2.45) is 0 Å². The van der Waals surface area contributed by atoms with Crippen molar-refractivity contribution < 1.29 is 14.3 Å². The first kappa shape index (κ1) is 21.5. The average molecular weight is 459 g/mol. The Bertz CT molecular complexity index is 1230. The summed E-state index contributed by atoms with van der Waals surface area (Å²) < 4.78 is 6.57. The van der Waals surface area contributed by atoms with Crippen LogP contribution in [0.4, 0.5) is 5.00 Å². The quantitative estimate of drug-likeness (QED) is 0.447. The fourth-order valence-electron chi connectivity index (χ4n) is 3.49. The molecule has 0 fully saturated rings. The Labute approximate surface area is 187 Å². The van der Waals surface area contributed by atoms with Crippen LogP contribution in [-0.4, -0.2) is 38.1 Å². The Morgan fingerprint density at radius 1 is 1.35 bits per heavy atom. The van der Waals surface area contributed by atoms with E-state index in [0.29, 0.717) is 16.2 Å². The first-order valence-corrected chi connectivity index (χ1v) is 11.7. The molecule has 0 radical (unpaired) electrons. The molecule has 0 saturated heterocycles. The molecule has 0 spiro atoms. The highest BCUT2D eigenvalue weighted by molar-refractivity contribution is 8.00. The van der Waals surface area contributed by atoms with Crippen LogP contribution in [0.5, 0.6) is 0 Å². The van der Waals surface area contributed by atoms with Gasteiger partial charge < -0.3 is 10.1 Å². The van der Waals surface area contributed by atoms with Crippen LogP contribution >= 0.6 is 23.1 Å². The van der Waals surface area contributed by atoms with E-state index < -0.39 is 16.9 Å². The highest BCUT2D eigenvalue weighted by Gasteiger charge is 2.29. The Morgan fingerprint density at radius 2 is 2.16 bits per heavy atom. The van der Waals surface area contributed by atoms with Crippen LogP contribution in [0.25, 0.3) is 5.65 Å². The van der Waals surface area contributed by atoms with Crippen LogP contribution in [-0.2, 0) is 22.4 Å². The maximum Gasteiger partial charge on any atom is 0.355 e. The van der Waals surface area contributed by atoms with Crippen molar-refractivity contribution in [3.8, 4) is 0 Å². The number of aromatic nitrogens is 3. The molecule has 0 aromatic carbocycles. The molecule has 4 rings (SSSR count). The van der Waals surface area contributed by atoms with E-state index in [2.05, 4.69) is 15.3 Å². The van der Waals surface area contributed by atoms with Crippen LogP contribution in [0, 0.1) is 6.92 Å². The summed E-state index contributed by atoms with van der Waals surface area (Å²) in [4.78, 5) is 47.1. The van der Waals surface area contributed by atoms with E-state index in [1.54, 1.807) is 32.2 Å². The number of thiophene rings is 1. The number of ether oxygens (including phenoxy) is 1. The summed E-state index contributed by atoms with van der Waals surface area (Å²) in [5.74, 6) is -0.692. The van der Waals surface area contributed by atoms with Crippen LogP contribution in [0.2, 0.25) is 0 Å². The fraction of sp³-hybridized carbons (Fsp3) is 0.381. The number of pyridine rings is 1. The number of hydrogen-bond donors (Lipinski definition) is 1. The van der Waals surface area contributed by atoms with Crippen molar-refractivity contribution in [2.45, 2.75) is 50.4 Å². The molecule has 0 bridgehead atoms. The number of hydrogen-bond acceptors (Lipinski definition) is 8. The molecule has 1 atom stereocenters. The number of thioether (sulfide) groups is 1. The van der Waals surface area contributed by atoms with Crippen molar-refractivity contribution in [3.05, 3.63) is 50.4 Å². The van der Waals surface area contributed by atoms with Gasteiger partial charge in [0.2, 0.25) is 5.91 Å². The van der Waals surface area contributed by atoms with Crippen molar-refractivity contribution in [1.29, 1.82) is 0 Å². The minimum Gasteiger partial charge on any atom is -0.462 e. The lowest BCUT2D eigenvalue weighted by molar-refractivity contribution is -0.115. The van der Waals surface area contributed by atoms with E-state index in [4.69, 9.17) is 4.74 Å². The van der Waals surface area contributed by atoms with Gasteiger partial charge in [0.1, 0.15) is 10.6 Å². The van der Waals surface area contributed by atoms with Crippen molar-refractivity contribution in [2.75, 3.05) is 11.9 Å². The number of fused-ring (bicyclic) bond motifs is 2. The lowest BCUT2D eigenvalue weighted by Gasteiger charge is -2.12. The zero-order chi connectivity index (χ0) is 22.1. The number of nitrogens with zero attached hydrogens (tertiary/aromatic N) is 3. The molecule has 162 valence electrons. The fourth-order valence-corrected chi connectivity index (χ4v) is 5.53. The Kier molecular flexibility index (Phi) is 6.10. The van der Waals surface area contributed by atoms with Crippen LogP contribution in [0.15, 0.2) is 28.3 Å². The smallest absolute Gasteiger partial charge is 0.355 e. The molecule has 0 aliphatic heterocycles. The zero-order valence-electron chi connectivity index (χ0n) is 17.4. The van der Waals surface area contributed by atoms with Crippen molar-refractivity contribution >= 4 is 45.6 Å². The number of aryl methyl sites for hydroxylation is 2. The van der Waals surface area contributed by atoms with Crippen LogP contribution < -0.4 is 11.0 Å². The highest BCUT2D eigenvalue weighted by Crippen LogP contribution is 2.39. The summed E-state index contributed by atoms with van der Waals surface area (Å²) in [6.45, 7) is 5.66. The van der Waals surface area contributed by atoms with Gasteiger partial charge in [0, 0.05) is 11.1 Å². The summed E-state index contributed by atoms with van der Waals surface area (Å²) in [6, 6.07) is 3.59. The van der Waals surface area contributed by atoms with Gasteiger partial charge in [-0.05, 0) is 63.3 Å². The van der Waals surface area contributed by atoms with Crippen molar-refractivity contribution in [1.82, 2.24) is 14.4 Å². The van der Waals surface area contributed by atoms with Gasteiger partial charge >= 0.3 is 11.7 Å². The lowest BCUT2D eigenvalue weighted by Crippen LogP contribution is -2.25. The topological polar surface area (TPSA) is 103 Å². The molecule has 0 saturated carbocycles. The lowest BCUT2D eigenvalue weighted by atomic mass is 10.1. The molecule has 1 amide bonds. The van der Waals surface area contributed by atoms with Gasteiger partial charge in [0.05, 0.1) is 17.4 Å². The Morgan fingerprint density at radius 3 is 2.94 bits per heavy atom. The minimum absolute atomic E-state index is 0.234. The molecule has 3 aromatic rings. The number of amides is 1. The molecule has 3 heterocycles. The summed E-state index contributed by atoms with van der Waals surface area (Å²) in [7, 11) is 0. The van der Waals surface area contributed by atoms with E-state index in [1.165, 1.54) is 15.7 Å². The first-order chi connectivity index (χ1) is 14.9. The molecule has 1 N–H and O–H groups in total. The number of nitrogens with one attached hydrogen (secondary N) is 1. The third kappa shape index (κ3) is 4.35. The minimum atomic E-state index is -0.571. The predicted molar refractivity (Wildman–Crippen MR) is 120 cm³/mol. The maximum absolute atomic E-state index is 12.9. The number of anilines is 1. The van der Waals surface area contributed by atoms with E-state index in [-0.39, 0.29) is 17.7 Å². The van der Waals surface area contributed by atoms with Crippen molar-refractivity contribution in [3.63, 3.8) is 0 Å². The third-order valence-electron chi connectivity index (χ3n) is 4.99. The molecular weight excluding hydrogens is 436 g/mol. The van der Waals surface area contributed by atoms with Gasteiger partial charge in [-0.2, -0.15) is 4.98 Å². The van der Waals surface area contributed by atoms with E-state index in [0.717, 1.165) is 47.0 Å². The molecule has 31 heavy (non-hydrogen) atoms. The molecule has 3 aromatic heterocycles. The van der Waals surface area contributed by atoms with Gasteiger partial charge in [0.25, 0.3) is 0 Å². The molecule has 0 unspecified atom stereocenters. The largest absolute Gasteiger partial charge is 0.462 e. The van der Waals surface area contributed by atoms with Gasteiger partial charge in [-0.15, -0.1) is 11.3 Å². The highest BCUT2D eigenvalue weighted by atomic mass is 32.2. The predicted octanol–water partition coefficient (Wildman–Crippen LogP) is 3.24. The summed E-state index contributed by atoms with van der Waals surface area (Å²) in [5.41, 5.74) is 2.46. The second kappa shape index (κ2) is 8.80. The number of carbonyl (C=O) groups excluding carboxylic acids is 2. The monoisotopic (exact) mass is 458 g/mol. The standard InChI is InChI=1S/C21H22N4O4S2/c1-4-29-19(27)16-13-6-5-7-14(13)31-18(16)23-17(26)12(3)30-20-22-15-10-11(2)8-9-25(15)21(28)24-20/h8-10,12H,4-7H2,1-3H3,(H,23,26)/t12-/m1/s1. The van der Waals surface area contributed by atoms with E-state index >= 15 is 0 Å². The average Bonchev–Trinajstić information content (AvgIpc) is 3.28. The molecule has 8 nitrogen and oxygen atoms in total. The van der Waals surface area contributed by atoms with Gasteiger partial charge in [0.15, 0.2) is 5.16 Å². The second-order valence-corrected chi connectivity index (χ2v) is 9.67.